The number of carbonyl (C=O) groups excluding carboxylic acids is 1. The van der Waals surface area contributed by atoms with Crippen LogP contribution in [-0.2, 0) is 4.74 Å². The number of ether oxygens (including phenoxy) is 1. The van der Waals surface area contributed by atoms with E-state index in [1.54, 1.807) is 13.8 Å². The first-order valence-electron chi connectivity index (χ1n) is 4.04. The van der Waals surface area contributed by atoms with Crippen molar-refractivity contribution < 1.29 is 9.53 Å². The number of terminal acetylenes is 1. The van der Waals surface area contributed by atoms with E-state index in [0.717, 1.165) is 6.42 Å². The molecule has 0 aromatic heterocycles. The maximum Gasteiger partial charge on any atom is 0.407 e. The number of unbranched alkanes of at least 4 members (excludes halogenated alkanes) is 1. The molecule has 1 N–H and O–H groups in total. The van der Waals surface area contributed by atoms with Crippen molar-refractivity contribution in [3.05, 3.63) is 0 Å². The van der Waals surface area contributed by atoms with E-state index in [1.807, 2.05) is 0 Å². The third-order valence-electron chi connectivity index (χ3n) is 1.11. The van der Waals surface area contributed by atoms with Crippen LogP contribution in [0.2, 0.25) is 0 Å². The van der Waals surface area contributed by atoms with Crippen LogP contribution in [-0.4, -0.2) is 18.7 Å². The molecule has 68 valence electrons. The lowest BCUT2D eigenvalue weighted by atomic mass is 10.3. The Kier molecular flexibility index (Phi) is 5.90. The number of hydrogen-bond acceptors (Lipinski definition) is 2. The Morgan fingerprint density at radius 1 is 1.67 bits per heavy atom. The van der Waals surface area contributed by atoms with E-state index in [2.05, 4.69) is 11.2 Å². The van der Waals surface area contributed by atoms with Gasteiger partial charge in [0.1, 0.15) is 0 Å². The van der Waals surface area contributed by atoms with Gasteiger partial charge in [-0.05, 0) is 20.3 Å². The highest BCUT2D eigenvalue weighted by molar-refractivity contribution is 5.67. The van der Waals surface area contributed by atoms with Crippen molar-refractivity contribution in [2.45, 2.75) is 32.8 Å². The standard InChI is InChI=1S/C9H15NO2/c1-4-5-6-7-10-9(11)12-8(2)3/h1,8H,5-7H2,2-3H3,(H,10,11). The minimum atomic E-state index is -0.373. The zero-order valence-electron chi connectivity index (χ0n) is 7.59. The fourth-order valence-corrected chi connectivity index (χ4v) is 0.637. The molecule has 0 fully saturated rings. The third kappa shape index (κ3) is 6.94. The smallest absolute Gasteiger partial charge is 0.407 e. The van der Waals surface area contributed by atoms with E-state index < -0.39 is 0 Å². The maximum atomic E-state index is 10.8. The lowest BCUT2D eigenvalue weighted by molar-refractivity contribution is 0.115. The van der Waals surface area contributed by atoms with Crippen LogP contribution in [0.5, 0.6) is 0 Å². The molecular weight excluding hydrogens is 154 g/mol. The molecule has 0 saturated carbocycles. The molecule has 1 amide bonds. The summed E-state index contributed by atoms with van der Waals surface area (Å²) in [5.74, 6) is 2.49. The first kappa shape index (κ1) is 10.8. The second-order valence-electron chi connectivity index (χ2n) is 2.69. The second-order valence-corrected chi connectivity index (χ2v) is 2.69. The Morgan fingerprint density at radius 2 is 2.33 bits per heavy atom. The van der Waals surface area contributed by atoms with Gasteiger partial charge in [-0.1, -0.05) is 0 Å². The zero-order valence-corrected chi connectivity index (χ0v) is 7.59. The van der Waals surface area contributed by atoms with E-state index in [1.165, 1.54) is 0 Å². The highest BCUT2D eigenvalue weighted by atomic mass is 16.6. The molecule has 0 aromatic rings. The zero-order chi connectivity index (χ0) is 9.40. The van der Waals surface area contributed by atoms with Gasteiger partial charge in [-0.3, -0.25) is 0 Å². The van der Waals surface area contributed by atoms with Gasteiger partial charge in [0.05, 0.1) is 6.10 Å². The highest BCUT2D eigenvalue weighted by Crippen LogP contribution is 1.89. The quantitative estimate of drug-likeness (QED) is 0.512. The number of alkyl carbamates (subject to hydrolysis) is 1. The number of hydrogen-bond donors (Lipinski definition) is 1. The maximum absolute atomic E-state index is 10.8. The molecular formula is C9H15NO2. The minimum Gasteiger partial charge on any atom is -0.447 e. The first-order valence-corrected chi connectivity index (χ1v) is 4.04. The van der Waals surface area contributed by atoms with Crippen LogP contribution in [0.15, 0.2) is 0 Å². The summed E-state index contributed by atoms with van der Waals surface area (Å²) in [6, 6.07) is 0. The van der Waals surface area contributed by atoms with Gasteiger partial charge in [0, 0.05) is 13.0 Å². The van der Waals surface area contributed by atoms with Crippen molar-refractivity contribution in [3.63, 3.8) is 0 Å². The molecule has 0 saturated heterocycles. The van der Waals surface area contributed by atoms with Gasteiger partial charge in [-0.15, -0.1) is 12.3 Å². The average Bonchev–Trinajstić information content (AvgIpc) is 1.97. The minimum absolute atomic E-state index is 0.0716. The molecule has 0 unspecified atom stereocenters. The molecule has 0 radical (unpaired) electrons. The Hall–Kier alpha value is -1.17. The normalized spacial score (nSPS) is 9.17. The van der Waals surface area contributed by atoms with Crippen molar-refractivity contribution >= 4 is 6.09 Å². The third-order valence-corrected chi connectivity index (χ3v) is 1.11. The average molecular weight is 169 g/mol. The monoisotopic (exact) mass is 169 g/mol. The summed E-state index contributed by atoms with van der Waals surface area (Å²) in [5, 5.41) is 2.59. The van der Waals surface area contributed by atoms with E-state index in [4.69, 9.17) is 11.2 Å². The predicted octanol–water partition coefficient (Wildman–Crippen LogP) is 1.53. The highest BCUT2D eigenvalue weighted by Gasteiger charge is 2.01. The van der Waals surface area contributed by atoms with Crippen LogP contribution in [0.25, 0.3) is 0 Å². The van der Waals surface area contributed by atoms with Crippen molar-refractivity contribution in [3.8, 4) is 12.3 Å². The van der Waals surface area contributed by atoms with Crippen molar-refractivity contribution in [1.29, 1.82) is 0 Å². The predicted molar refractivity (Wildman–Crippen MR) is 47.7 cm³/mol. The van der Waals surface area contributed by atoms with Crippen LogP contribution >= 0.6 is 0 Å². The largest absolute Gasteiger partial charge is 0.447 e. The molecule has 0 atom stereocenters. The summed E-state index contributed by atoms with van der Waals surface area (Å²) in [7, 11) is 0. The van der Waals surface area contributed by atoms with Crippen molar-refractivity contribution in [2.24, 2.45) is 0 Å². The molecule has 0 aliphatic carbocycles. The Bertz CT molecular complexity index is 170. The van der Waals surface area contributed by atoms with E-state index >= 15 is 0 Å². The molecule has 0 aliphatic rings. The summed E-state index contributed by atoms with van der Waals surface area (Å²) in [6.07, 6.45) is 6.07. The van der Waals surface area contributed by atoms with Gasteiger partial charge in [0.25, 0.3) is 0 Å². The van der Waals surface area contributed by atoms with Gasteiger partial charge >= 0.3 is 6.09 Å². The van der Waals surface area contributed by atoms with Crippen molar-refractivity contribution in [2.75, 3.05) is 6.54 Å². The SMILES string of the molecule is C#CCCCNC(=O)OC(C)C. The van der Waals surface area contributed by atoms with Crippen LogP contribution in [0.1, 0.15) is 26.7 Å². The molecule has 0 spiro atoms. The molecule has 3 heteroatoms. The van der Waals surface area contributed by atoms with Gasteiger partial charge in [0.15, 0.2) is 0 Å². The summed E-state index contributed by atoms with van der Waals surface area (Å²) < 4.78 is 4.83. The van der Waals surface area contributed by atoms with Crippen molar-refractivity contribution in [1.82, 2.24) is 5.32 Å². The number of carbonyl (C=O) groups is 1. The molecule has 0 aromatic carbocycles. The molecule has 0 heterocycles. The van der Waals surface area contributed by atoms with Gasteiger partial charge in [-0.25, -0.2) is 4.79 Å². The Labute approximate surface area is 73.5 Å². The fraction of sp³-hybridized carbons (Fsp3) is 0.667. The van der Waals surface area contributed by atoms with Gasteiger partial charge < -0.3 is 10.1 Å². The van der Waals surface area contributed by atoms with Gasteiger partial charge in [0.2, 0.25) is 0 Å². The summed E-state index contributed by atoms with van der Waals surface area (Å²) in [4.78, 5) is 10.8. The number of amides is 1. The Morgan fingerprint density at radius 3 is 2.83 bits per heavy atom. The Balaban J connectivity index is 3.27. The lowest BCUT2D eigenvalue weighted by Crippen LogP contribution is -2.27. The summed E-state index contributed by atoms with van der Waals surface area (Å²) >= 11 is 0. The number of nitrogens with one attached hydrogen (secondary N) is 1. The lowest BCUT2D eigenvalue weighted by Gasteiger charge is -2.08. The van der Waals surface area contributed by atoms with E-state index in [9.17, 15) is 4.79 Å². The topological polar surface area (TPSA) is 38.3 Å². The van der Waals surface area contributed by atoms with E-state index in [0.29, 0.717) is 13.0 Å². The summed E-state index contributed by atoms with van der Waals surface area (Å²) in [5.41, 5.74) is 0. The van der Waals surface area contributed by atoms with Crippen LogP contribution < -0.4 is 5.32 Å². The first-order chi connectivity index (χ1) is 5.66. The van der Waals surface area contributed by atoms with Gasteiger partial charge in [-0.2, -0.15) is 0 Å². The number of rotatable bonds is 4. The second kappa shape index (κ2) is 6.53. The molecule has 0 bridgehead atoms. The fourth-order valence-electron chi connectivity index (χ4n) is 0.637. The van der Waals surface area contributed by atoms with Crippen LogP contribution in [0.4, 0.5) is 4.79 Å². The van der Waals surface area contributed by atoms with E-state index in [-0.39, 0.29) is 12.2 Å². The summed E-state index contributed by atoms with van der Waals surface area (Å²) in [6.45, 7) is 4.19. The molecule has 0 rings (SSSR count). The molecule has 12 heavy (non-hydrogen) atoms. The molecule has 3 nitrogen and oxygen atoms in total. The molecule has 0 aliphatic heterocycles. The van der Waals surface area contributed by atoms with Crippen LogP contribution in [0.3, 0.4) is 0 Å². The van der Waals surface area contributed by atoms with Crippen LogP contribution in [0, 0.1) is 12.3 Å².